The quantitative estimate of drug-likeness (QED) is 0.866. The molecule has 2 heteroatoms. The van der Waals surface area contributed by atoms with Gasteiger partial charge in [0.1, 0.15) is 0 Å². The summed E-state index contributed by atoms with van der Waals surface area (Å²) in [7, 11) is 0. The summed E-state index contributed by atoms with van der Waals surface area (Å²) in [5.74, 6) is 0. The van der Waals surface area contributed by atoms with Crippen molar-refractivity contribution in [3.63, 3.8) is 0 Å². The first-order valence-corrected chi connectivity index (χ1v) is 8.88. The number of nitrogens with one attached hydrogen (secondary N) is 1. The second-order valence-corrected chi connectivity index (χ2v) is 6.65. The fraction of sp³-hybridized carbons (Fsp3) is 0.429. The van der Waals surface area contributed by atoms with E-state index in [0.717, 1.165) is 0 Å². The molecule has 122 valence electrons. The van der Waals surface area contributed by atoms with Gasteiger partial charge in [0.05, 0.1) is 0 Å². The van der Waals surface area contributed by atoms with E-state index in [1.54, 1.807) is 0 Å². The Kier molecular flexibility index (Phi) is 5.84. The molecule has 0 aliphatic carbocycles. The highest BCUT2D eigenvalue weighted by Crippen LogP contribution is 2.17. The summed E-state index contributed by atoms with van der Waals surface area (Å²) in [5.41, 5.74) is 2.84. The first-order chi connectivity index (χ1) is 11.3. The Balaban J connectivity index is 1.40. The van der Waals surface area contributed by atoms with Gasteiger partial charge in [0.15, 0.2) is 0 Å². The fourth-order valence-corrected chi connectivity index (χ4v) is 3.45. The number of benzene rings is 2. The molecule has 0 bridgehead atoms. The molecule has 0 saturated carbocycles. The topological polar surface area (TPSA) is 15.3 Å². The molecule has 1 heterocycles. The molecular weight excluding hydrogens is 280 g/mol. The van der Waals surface area contributed by atoms with E-state index in [4.69, 9.17) is 0 Å². The average molecular weight is 308 g/mol. The van der Waals surface area contributed by atoms with Gasteiger partial charge in [0, 0.05) is 18.6 Å². The van der Waals surface area contributed by atoms with E-state index < -0.39 is 0 Å². The minimum atomic E-state index is 0.442. The number of piperidine rings is 1. The lowest BCUT2D eigenvalue weighted by atomic mass is 10.0. The Morgan fingerprint density at radius 1 is 0.957 bits per heavy atom. The highest BCUT2D eigenvalue weighted by molar-refractivity contribution is 5.18. The van der Waals surface area contributed by atoms with Crippen molar-refractivity contribution in [1.82, 2.24) is 10.2 Å². The maximum atomic E-state index is 3.80. The van der Waals surface area contributed by atoms with Crippen LogP contribution in [-0.4, -0.2) is 30.6 Å². The number of hydrogen-bond donors (Lipinski definition) is 1. The van der Waals surface area contributed by atoms with Gasteiger partial charge in [-0.25, -0.2) is 0 Å². The molecular formula is C21H28N2. The third-order valence-corrected chi connectivity index (χ3v) is 4.93. The van der Waals surface area contributed by atoms with Crippen LogP contribution in [-0.2, 0) is 6.42 Å². The molecule has 1 aliphatic heterocycles. The van der Waals surface area contributed by atoms with E-state index in [-0.39, 0.29) is 0 Å². The Morgan fingerprint density at radius 2 is 1.57 bits per heavy atom. The van der Waals surface area contributed by atoms with E-state index in [1.807, 2.05) is 0 Å². The van der Waals surface area contributed by atoms with E-state index in [0.29, 0.717) is 12.1 Å². The fourth-order valence-electron chi connectivity index (χ4n) is 3.45. The Bertz CT molecular complexity index is 559. The maximum Gasteiger partial charge on any atom is 0.0294 e. The van der Waals surface area contributed by atoms with Crippen molar-refractivity contribution in [3.8, 4) is 0 Å². The number of nitrogens with zero attached hydrogens (tertiary/aromatic N) is 1. The smallest absolute Gasteiger partial charge is 0.0294 e. The molecule has 2 nitrogen and oxygen atoms in total. The van der Waals surface area contributed by atoms with E-state index >= 15 is 0 Å². The monoisotopic (exact) mass is 308 g/mol. The average Bonchev–Trinajstić information content (AvgIpc) is 2.63. The number of likely N-dealkylation sites (tertiary alicyclic amines) is 1. The van der Waals surface area contributed by atoms with Gasteiger partial charge >= 0.3 is 0 Å². The zero-order valence-electron chi connectivity index (χ0n) is 14.1. The molecule has 1 atom stereocenters. The van der Waals surface area contributed by atoms with Crippen LogP contribution in [0.3, 0.4) is 0 Å². The SMILES string of the molecule is CC(NC1CCN(CCc2ccccc2)CC1)c1ccccc1. The van der Waals surface area contributed by atoms with Crippen LogP contribution in [0.2, 0.25) is 0 Å². The van der Waals surface area contributed by atoms with Crippen LogP contribution in [0.15, 0.2) is 60.7 Å². The van der Waals surface area contributed by atoms with Crippen molar-refractivity contribution >= 4 is 0 Å². The molecule has 2 aromatic rings. The molecule has 0 radical (unpaired) electrons. The predicted octanol–water partition coefficient (Wildman–Crippen LogP) is 4.04. The second kappa shape index (κ2) is 8.28. The first-order valence-electron chi connectivity index (χ1n) is 8.88. The predicted molar refractivity (Wildman–Crippen MR) is 97.6 cm³/mol. The molecule has 0 amide bonds. The van der Waals surface area contributed by atoms with Crippen molar-refractivity contribution in [3.05, 3.63) is 71.8 Å². The highest BCUT2D eigenvalue weighted by atomic mass is 15.1. The van der Waals surface area contributed by atoms with Crippen molar-refractivity contribution in [2.24, 2.45) is 0 Å². The van der Waals surface area contributed by atoms with Crippen LogP contribution in [0.25, 0.3) is 0 Å². The molecule has 0 spiro atoms. The lowest BCUT2D eigenvalue weighted by Crippen LogP contribution is -2.43. The van der Waals surface area contributed by atoms with E-state index in [9.17, 15) is 0 Å². The van der Waals surface area contributed by atoms with Gasteiger partial charge in [-0.1, -0.05) is 60.7 Å². The highest BCUT2D eigenvalue weighted by Gasteiger charge is 2.20. The van der Waals surface area contributed by atoms with E-state index in [1.165, 1.54) is 50.0 Å². The van der Waals surface area contributed by atoms with Crippen LogP contribution in [0.5, 0.6) is 0 Å². The zero-order valence-corrected chi connectivity index (χ0v) is 14.1. The minimum Gasteiger partial charge on any atom is -0.307 e. The normalized spacial score (nSPS) is 18.0. The summed E-state index contributed by atoms with van der Waals surface area (Å²) < 4.78 is 0. The lowest BCUT2D eigenvalue weighted by molar-refractivity contribution is 0.194. The molecule has 1 fully saturated rings. The third kappa shape index (κ3) is 4.92. The third-order valence-electron chi connectivity index (χ3n) is 4.93. The molecule has 3 rings (SSSR count). The Morgan fingerprint density at radius 3 is 2.22 bits per heavy atom. The van der Waals surface area contributed by atoms with Crippen LogP contribution in [0.4, 0.5) is 0 Å². The summed E-state index contributed by atoms with van der Waals surface area (Å²) >= 11 is 0. The number of hydrogen-bond acceptors (Lipinski definition) is 2. The zero-order chi connectivity index (χ0) is 15.9. The Hall–Kier alpha value is -1.64. The summed E-state index contributed by atoms with van der Waals surface area (Å²) in [6, 6.07) is 22.7. The van der Waals surface area contributed by atoms with Crippen LogP contribution >= 0.6 is 0 Å². The van der Waals surface area contributed by atoms with Gasteiger partial charge in [-0.3, -0.25) is 0 Å². The molecule has 1 unspecified atom stereocenters. The summed E-state index contributed by atoms with van der Waals surface area (Å²) in [5, 5.41) is 3.80. The van der Waals surface area contributed by atoms with Gasteiger partial charge < -0.3 is 10.2 Å². The lowest BCUT2D eigenvalue weighted by Gasteiger charge is -2.34. The van der Waals surface area contributed by atoms with Gasteiger partial charge in [0.25, 0.3) is 0 Å². The van der Waals surface area contributed by atoms with Gasteiger partial charge in [-0.15, -0.1) is 0 Å². The van der Waals surface area contributed by atoms with Gasteiger partial charge in [0.2, 0.25) is 0 Å². The molecule has 1 saturated heterocycles. The minimum absolute atomic E-state index is 0.442. The van der Waals surface area contributed by atoms with E-state index in [2.05, 4.69) is 77.8 Å². The summed E-state index contributed by atoms with van der Waals surface area (Å²) in [6.45, 7) is 5.89. The molecule has 1 N–H and O–H groups in total. The number of rotatable bonds is 6. The standard InChI is InChI=1S/C21H28N2/c1-18(20-10-6-3-7-11-20)22-21-13-16-23(17-14-21)15-12-19-8-4-2-5-9-19/h2-11,18,21-22H,12-17H2,1H3. The van der Waals surface area contributed by atoms with Crippen molar-refractivity contribution < 1.29 is 0 Å². The van der Waals surface area contributed by atoms with Gasteiger partial charge in [-0.05, 0) is 50.4 Å². The van der Waals surface area contributed by atoms with Gasteiger partial charge in [-0.2, -0.15) is 0 Å². The first kappa shape index (κ1) is 16.2. The summed E-state index contributed by atoms with van der Waals surface area (Å²) in [4.78, 5) is 2.61. The second-order valence-electron chi connectivity index (χ2n) is 6.65. The maximum absolute atomic E-state index is 3.80. The van der Waals surface area contributed by atoms with Crippen LogP contribution in [0, 0.1) is 0 Å². The van der Waals surface area contributed by atoms with Crippen LogP contribution < -0.4 is 5.32 Å². The summed E-state index contributed by atoms with van der Waals surface area (Å²) in [6.07, 6.45) is 3.68. The van der Waals surface area contributed by atoms with Crippen molar-refractivity contribution in [2.45, 2.75) is 38.3 Å². The molecule has 23 heavy (non-hydrogen) atoms. The van der Waals surface area contributed by atoms with Crippen molar-refractivity contribution in [2.75, 3.05) is 19.6 Å². The Labute approximate surface area is 140 Å². The largest absolute Gasteiger partial charge is 0.307 e. The molecule has 1 aliphatic rings. The van der Waals surface area contributed by atoms with Crippen molar-refractivity contribution in [1.29, 1.82) is 0 Å². The van der Waals surface area contributed by atoms with Crippen LogP contribution in [0.1, 0.15) is 36.9 Å². The molecule has 0 aromatic heterocycles. The molecule has 2 aromatic carbocycles.